The second-order valence-electron chi connectivity index (χ2n) is 7.02. The Morgan fingerprint density at radius 3 is 2.69 bits per heavy atom. The zero-order valence-electron chi connectivity index (χ0n) is 14.7. The lowest BCUT2D eigenvalue weighted by molar-refractivity contribution is -0.171. The average Bonchev–Trinajstić information content (AvgIpc) is 2.60. The summed E-state index contributed by atoms with van der Waals surface area (Å²) in [5.41, 5.74) is 3.56. The molecule has 142 valence electrons. The number of carbonyl (C=O) groups excluding carboxylic acids is 2. The molecular weight excluding hydrogens is 345 g/mol. The van der Waals surface area contributed by atoms with Crippen molar-refractivity contribution in [1.29, 1.82) is 0 Å². The van der Waals surface area contributed by atoms with E-state index >= 15 is 0 Å². The Hall–Kier alpha value is -2.05. The highest BCUT2D eigenvalue weighted by Crippen LogP contribution is 2.33. The first-order chi connectivity index (χ1) is 12.3. The van der Waals surface area contributed by atoms with E-state index in [-0.39, 0.29) is 18.9 Å². The van der Waals surface area contributed by atoms with Gasteiger partial charge in [0.15, 0.2) is 0 Å². The van der Waals surface area contributed by atoms with Crippen LogP contribution in [0.3, 0.4) is 0 Å². The van der Waals surface area contributed by atoms with Crippen LogP contribution in [-0.2, 0) is 22.4 Å². The van der Waals surface area contributed by atoms with Gasteiger partial charge in [0, 0.05) is 0 Å². The maximum Gasteiger partial charge on any atom is 0.408 e. The second kappa shape index (κ2) is 7.29. The van der Waals surface area contributed by atoms with Gasteiger partial charge in [0.2, 0.25) is 11.8 Å². The number of carbonyl (C=O) groups is 2. The van der Waals surface area contributed by atoms with Gasteiger partial charge in [-0.25, -0.2) is 0 Å². The number of hydrogen-bond acceptors (Lipinski definition) is 2. The minimum atomic E-state index is -4.48. The van der Waals surface area contributed by atoms with E-state index in [1.54, 1.807) is 0 Å². The lowest BCUT2D eigenvalue weighted by Gasteiger charge is -2.32. The van der Waals surface area contributed by atoms with E-state index in [0.717, 1.165) is 31.2 Å². The van der Waals surface area contributed by atoms with Gasteiger partial charge >= 0.3 is 6.18 Å². The van der Waals surface area contributed by atoms with Gasteiger partial charge in [0.05, 0.1) is 6.04 Å². The van der Waals surface area contributed by atoms with E-state index in [2.05, 4.69) is 18.3 Å². The van der Waals surface area contributed by atoms with Gasteiger partial charge < -0.3 is 10.6 Å². The summed E-state index contributed by atoms with van der Waals surface area (Å²) in [5.74, 6) is -2.38. The molecule has 2 amide bonds. The summed E-state index contributed by atoms with van der Waals surface area (Å²) >= 11 is 0. The molecule has 1 aliphatic carbocycles. The number of hydrogen-bond donors (Lipinski definition) is 2. The number of fused-ring (bicyclic) bond motifs is 1. The topological polar surface area (TPSA) is 58.2 Å². The molecule has 2 aliphatic rings. The molecule has 0 aromatic heterocycles. The Balaban J connectivity index is 1.70. The normalized spacial score (nSPS) is 26.0. The SMILES string of the molecule is CCc1cccc2c1CCCC2NC(=O)C1CCC(C(F)(F)F)NC1=O. The smallest absolute Gasteiger partial charge is 0.349 e. The van der Waals surface area contributed by atoms with Gasteiger partial charge in [0.25, 0.3) is 0 Å². The third-order valence-corrected chi connectivity index (χ3v) is 5.39. The average molecular weight is 368 g/mol. The Kier molecular flexibility index (Phi) is 5.25. The van der Waals surface area contributed by atoms with Crippen LogP contribution < -0.4 is 10.6 Å². The first-order valence-corrected chi connectivity index (χ1v) is 9.09. The van der Waals surface area contributed by atoms with Crippen LogP contribution in [-0.4, -0.2) is 24.0 Å². The molecule has 3 rings (SSSR count). The molecule has 0 bridgehead atoms. The van der Waals surface area contributed by atoms with Crippen LogP contribution in [0.2, 0.25) is 0 Å². The number of amides is 2. The quantitative estimate of drug-likeness (QED) is 0.805. The monoisotopic (exact) mass is 368 g/mol. The van der Waals surface area contributed by atoms with Crippen LogP contribution in [0.25, 0.3) is 0 Å². The van der Waals surface area contributed by atoms with E-state index in [4.69, 9.17) is 0 Å². The zero-order valence-corrected chi connectivity index (χ0v) is 14.7. The van der Waals surface area contributed by atoms with E-state index in [1.807, 2.05) is 17.4 Å². The number of halogens is 3. The highest BCUT2D eigenvalue weighted by Gasteiger charge is 2.46. The molecule has 2 N–H and O–H groups in total. The molecule has 3 unspecified atom stereocenters. The molecule has 1 heterocycles. The van der Waals surface area contributed by atoms with Crippen molar-refractivity contribution in [3.63, 3.8) is 0 Å². The maximum atomic E-state index is 12.7. The molecule has 1 aromatic carbocycles. The molecule has 1 saturated heterocycles. The van der Waals surface area contributed by atoms with Crippen molar-refractivity contribution in [2.24, 2.45) is 5.92 Å². The summed E-state index contributed by atoms with van der Waals surface area (Å²) in [6.07, 6.45) is -1.26. The minimum Gasteiger partial charge on any atom is -0.349 e. The first kappa shape index (κ1) is 18.7. The van der Waals surface area contributed by atoms with Crippen LogP contribution in [0, 0.1) is 5.92 Å². The van der Waals surface area contributed by atoms with Crippen molar-refractivity contribution in [3.8, 4) is 0 Å². The fraction of sp³-hybridized carbons (Fsp3) is 0.579. The fourth-order valence-electron chi connectivity index (χ4n) is 3.98. The Bertz CT molecular complexity index is 703. The Morgan fingerprint density at radius 1 is 1.27 bits per heavy atom. The molecule has 26 heavy (non-hydrogen) atoms. The summed E-state index contributed by atoms with van der Waals surface area (Å²) in [6, 6.07) is 3.98. The van der Waals surface area contributed by atoms with Crippen molar-refractivity contribution in [2.75, 3.05) is 0 Å². The third-order valence-electron chi connectivity index (χ3n) is 5.39. The molecule has 4 nitrogen and oxygen atoms in total. The zero-order chi connectivity index (χ0) is 18.9. The third kappa shape index (κ3) is 3.71. The van der Waals surface area contributed by atoms with Gasteiger partial charge in [-0.2, -0.15) is 13.2 Å². The maximum absolute atomic E-state index is 12.7. The van der Waals surface area contributed by atoms with Crippen molar-refractivity contribution in [2.45, 2.75) is 63.7 Å². The van der Waals surface area contributed by atoms with Gasteiger partial charge in [-0.15, -0.1) is 0 Å². The van der Waals surface area contributed by atoms with Crippen molar-refractivity contribution in [3.05, 3.63) is 34.9 Å². The molecular formula is C19H23F3N2O2. The van der Waals surface area contributed by atoms with Gasteiger partial charge in [-0.05, 0) is 55.2 Å². The molecule has 0 radical (unpaired) electrons. The Morgan fingerprint density at radius 2 is 2.04 bits per heavy atom. The summed E-state index contributed by atoms with van der Waals surface area (Å²) in [5, 5.41) is 4.84. The Labute approximate surface area is 150 Å². The first-order valence-electron chi connectivity index (χ1n) is 9.09. The number of rotatable bonds is 3. The number of alkyl halides is 3. The van der Waals surface area contributed by atoms with Crippen molar-refractivity contribution in [1.82, 2.24) is 10.6 Å². The summed E-state index contributed by atoms with van der Waals surface area (Å²) in [7, 11) is 0. The van der Waals surface area contributed by atoms with Crippen molar-refractivity contribution >= 4 is 11.8 Å². The summed E-state index contributed by atoms with van der Waals surface area (Å²) in [6.45, 7) is 2.08. The number of aryl methyl sites for hydroxylation is 1. The highest BCUT2D eigenvalue weighted by atomic mass is 19.4. The molecule has 1 aromatic rings. The molecule has 7 heteroatoms. The number of benzene rings is 1. The minimum absolute atomic E-state index is 0.0869. The van der Waals surface area contributed by atoms with E-state index < -0.39 is 30.0 Å². The largest absolute Gasteiger partial charge is 0.408 e. The predicted molar refractivity (Wildman–Crippen MR) is 90.4 cm³/mol. The van der Waals surface area contributed by atoms with E-state index in [9.17, 15) is 22.8 Å². The predicted octanol–water partition coefficient (Wildman–Crippen LogP) is 3.20. The van der Waals surface area contributed by atoms with Crippen LogP contribution in [0.4, 0.5) is 13.2 Å². The molecule has 3 atom stereocenters. The van der Waals surface area contributed by atoms with Gasteiger partial charge in [-0.3, -0.25) is 9.59 Å². The lowest BCUT2D eigenvalue weighted by atomic mass is 9.83. The molecule has 0 saturated carbocycles. The number of piperidine rings is 1. The van der Waals surface area contributed by atoms with Crippen LogP contribution in [0.5, 0.6) is 0 Å². The highest BCUT2D eigenvalue weighted by molar-refractivity contribution is 6.01. The van der Waals surface area contributed by atoms with E-state index in [1.165, 1.54) is 11.1 Å². The summed E-state index contributed by atoms with van der Waals surface area (Å²) < 4.78 is 38.2. The fourth-order valence-corrected chi connectivity index (χ4v) is 3.98. The van der Waals surface area contributed by atoms with Gasteiger partial charge in [-0.1, -0.05) is 25.1 Å². The van der Waals surface area contributed by atoms with Crippen LogP contribution >= 0.6 is 0 Å². The van der Waals surface area contributed by atoms with Gasteiger partial charge in [0.1, 0.15) is 12.0 Å². The number of nitrogens with one attached hydrogen (secondary N) is 2. The molecule has 0 spiro atoms. The van der Waals surface area contributed by atoms with Crippen LogP contribution in [0.1, 0.15) is 55.3 Å². The standard InChI is InChI=1S/C19H23F3N2O2/c1-2-11-5-3-7-13-12(11)6-4-8-15(13)23-17(25)14-9-10-16(19(20,21)22)24-18(14)26/h3,5,7,14-16H,2,4,6,8-10H2,1H3,(H,23,25)(H,24,26). The lowest BCUT2D eigenvalue weighted by Crippen LogP contribution is -2.54. The molecule has 1 aliphatic heterocycles. The summed E-state index contributed by atoms with van der Waals surface area (Å²) in [4.78, 5) is 24.6. The van der Waals surface area contributed by atoms with Crippen LogP contribution in [0.15, 0.2) is 18.2 Å². The van der Waals surface area contributed by atoms with Crippen molar-refractivity contribution < 1.29 is 22.8 Å². The molecule has 1 fully saturated rings. The second-order valence-corrected chi connectivity index (χ2v) is 7.02. The van der Waals surface area contributed by atoms with E-state index in [0.29, 0.717) is 0 Å².